The summed E-state index contributed by atoms with van der Waals surface area (Å²) in [5.74, 6) is -1.35. The van der Waals surface area contributed by atoms with Crippen LogP contribution in [0.4, 0.5) is 0 Å². The molecule has 3 N–H and O–H groups in total. The number of carbonyl (C=O) groups is 3. The van der Waals surface area contributed by atoms with Crippen LogP contribution in [0, 0.1) is 11.8 Å². The molecule has 0 aromatic rings. The van der Waals surface area contributed by atoms with Gasteiger partial charge in [0, 0.05) is 18.8 Å². The fourth-order valence-corrected chi connectivity index (χ4v) is 5.59. The van der Waals surface area contributed by atoms with Crippen LogP contribution < -0.4 is 0 Å². The Morgan fingerprint density at radius 1 is 0.808 bits per heavy atom. The van der Waals surface area contributed by atoms with Crippen LogP contribution in [0.25, 0.3) is 0 Å². The first-order chi connectivity index (χ1) is 25.1. The molecule has 0 amide bonds. The van der Waals surface area contributed by atoms with Crippen molar-refractivity contribution in [2.24, 2.45) is 11.8 Å². The first-order valence-corrected chi connectivity index (χ1v) is 20.5. The van der Waals surface area contributed by atoms with Gasteiger partial charge < -0.3 is 24.4 Å². The molecule has 0 aliphatic heterocycles. The fraction of sp³-hybridized carbons (Fsp3) is 0.585. The summed E-state index contributed by atoms with van der Waals surface area (Å²) in [4.78, 5) is 55.2. The largest absolute Gasteiger partial charge is 0.469 e. The Morgan fingerprint density at radius 3 is 2.12 bits per heavy atom. The van der Waals surface area contributed by atoms with Crippen molar-refractivity contribution >= 4 is 25.5 Å². The first kappa shape index (κ1) is 46.9. The summed E-state index contributed by atoms with van der Waals surface area (Å²) >= 11 is 0. The molecule has 4 atom stereocenters. The third-order valence-electron chi connectivity index (χ3n) is 8.15. The maximum absolute atomic E-state index is 12.5. The van der Waals surface area contributed by atoms with Crippen LogP contribution in [0.3, 0.4) is 0 Å². The molecule has 1 rings (SSSR count). The van der Waals surface area contributed by atoms with Gasteiger partial charge in [-0.1, -0.05) is 112 Å². The van der Waals surface area contributed by atoms with Crippen LogP contribution in [0.1, 0.15) is 117 Å². The Hall–Kier alpha value is -3.14. The number of carbonyl (C=O) groups excluding carboxylic acids is 3. The smallest absolute Gasteiger partial charge is 0.462 e. The number of aliphatic hydroxyl groups excluding tert-OH is 1. The zero-order valence-corrected chi connectivity index (χ0v) is 32.2. The minimum Gasteiger partial charge on any atom is -0.462 e. The number of esters is 2. The van der Waals surface area contributed by atoms with Crippen molar-refractivity contribution in [3.63, 3.8) is 0 Å². The lowest BCUT2D eigenvalue weighted by atomic mass is 9.90. The van der Waals surface area contributed by atoms with Gasteiger partial charge in [-0.05, 0) is 82.6 Å². The molecule has 0 saturated heterocycles. The van der Waals surface area contributed by atoms with Crippen molar-refractivity contribution < 1.29 is 47.8 Å². The summed E-state index contributed by atoms with van der Waals surface area (Å²) in [5, 5.41) is 10.2. The molecule has 1 aliphatic rings. The lowest BCUT2D eigenvalue weighted by Gasteiger charge is -2.18. The second-order valence-electron chi connectivity index (χ2n) is 12.8. The van der Waals surface area contributed by atoms with Gasteiger partial charge in [-0.2, -0.15) is 0 Å². The number of unbranched alkanes of at least 4 members (excludes halogenated alkanes) is 5. The van der Waals surface area contributed by atoms with E-state index in [0.717, 1.165) is 57.8 Å². The predicted octanol–water partition coefficient (Wildman–Crippen LogP) is 8.90. The number of aliphatic hydroxyl groups is 1. The molecule has 11 heteroatoms. The molecular formula is C41H63O10P. The van der Waals surface area contributed by atoms with E-state index in [1.54, 1.807) is 12.2 Å². The van der Waals surface area contributed by atoms with Gasteiger partial charge in [-0.25, -0.2) is 4.57 Å². The summed E-state index contributed by atoms with van der Waals surface area (Å²) in [6.45, 7) is 3.24. The molecule has 0 saturated carbocycles. The Morgan fingerprint density at radius 2 is 1.44 bits per heavy atom. The average Bonchev–Trinajstić information content (AvgIpc) is 3.46. The molecule has 0 spiro atoms. The molecule has 0 radical (unpaired) electrons. The average molecular weight is 747 g/mol. The quantitative estimate of drug-likeness (QED) is 0.0281. The SMILES string of the molecule is CC/C=C\C/C=C\C/C=C\C/C=C\CCCCC(=O)OC[C@H](COP(=O)(O)O)OC(=O)CCC/C=C\C[C@H]1C=CC(=O)[C@@H]1/C=C/[C@@H](O)CCCCC. The van der Waals surface area contributed by atoms with Gasteiger partial charge in [0.15, 0.2) is 11.9 Å². The highest BCUT2D eigenvalue weighted by molar-refractivity contribution is 7.46. The summed E-state index contributed by atoms with van der Waals surface area (Å²) in [6.07, 6.45) is 38.0. The number of hydrogen-bond acceptors (Lipinski definition) is 8. The number of phosphoric ester groups is 1. The maximum atomic E-state index is 12.5. The van der Waals surface area contributed by atoms with Gasteiger partial charge in [0.1, 0.15) is 6.61 Å². The molecule has 0 unspecified atom stereocenters. The van der Waals surface area contributed by atoms with E-state index in [-0.39, 0.29) is 37.1 Å². The number of ether oxygens (including phenoxy) is 2. The van der Waals surface area contributed by atoms with Crippen molar-refractivity contribution in [3.8, 4) is 0 Å². The second kappa shape index (κ2) is 30.3. The molecule has 0 bridgehead atoms. The van der Waals surface area contributed by atoms with Crippen LogP contribution in [0.5, 0.6) is 0 Å². The normalized spacial score (nSPS) is 18.0. The van der Waals surface area contributed by atoms with Gasteiger partial charge in [0.05, 0.1) is 12.7 Å². The number of rotatable bonds is 30. The van der Waals surface area contributed by atoms with Crippen LogP contribution >= 0.6 is 7.82 Å². The van der Waals surface area contributed by atoms with E-state index in [2.05, 4.69) is 67.0 Å². The highest BCUT2D eigenvalue weighted by atomic mass is 31.2. The monoisotopic (exact) mass is 746 g/mol. The minimum atomic E-state index is -4.82. The lowest BCUT2D eigenvalue weighted by molar-refractivity contribution is -0.161. The predicted molar refractivity (Wildman–Crippen MR) is 206 cm³/mol. The van der Waals surface area contributed by atoms with Crippen molar-refractivity contribution in [2.75, 3.05) is 13.2 Å². The molecule has 10 nitrogen and oxygen atoms in total. The molecule has 0 aromatic carbocycles. The van der Waals surface area contributed by atoms with E-state index >= 15 is 0 Å². The standard InChI is InChI=1S/C41H63O10P/c1-3-5-7-8-9-10-11-12-13-14-15-16-17-18-23-27-40(44)49-33-37(34-50-52(46,47)48)51-41(45)28-24-20-19-22-25-35-29-32-39(43)38(35)31-30-36(42)26-21-6-4-2/h5,7,9-10,12-13,15-16,19,22,29-32,35-38,42H,3-4,6,8,11,14,17-18,20-21,23-28,33-34H2,1-2H3,(H2,46,47,48)/b7-5-,10-9-,13-12-,16-15-,22-19-,31-30+/t35-,36-,37+,38+/m0/s1. The van der Waals surface area contributed by atoms with Crippen molar-refractivity contribution in [1.82, 2.24) is 0 Å². The Kier molecular flexibility index (Phi) is 27.3. The molecule has 0 aromatic heterocycles. The van der Waals surface area contributed by atoms with Gasteiger partial charge in [0.2, 0.25) is 0 Å². The topological polar surface area (TPSA) is 157 Å². The third kappa shape index (κ3) is 26.6. The van der Waals surface area contributed by atoms with E-state index < -0.39 is 38.6 Å². The van der Waals surface area contributed by atoms with Crippen molar-refractivity contribution in [2.45, 2.75) is 129 Å². The van der Waals surface area contributed by atoms with Gasteiger partial charge >= 0.3 is 19.8 Å². The van der Waals surface area contributed by atoms with Crippen molar-refractivity contribution in [1.29, 1.82) is 0 Å². The van der Waals surface area contributed by atoms with Crippen LogP contribution in [0.2, 0.25) is 0 Å². The Balaban J connectivity index is 2.34. The van der Waals surface area contributed by atoms with E-state index in [1.165, 1.54) is 0 Å². The van der Waals surface area contributed by atoms with E-state index in [1.807, 2.05) is 24.3 Å². The Labute approximate surface area is 311 Å². The molecule has 1 aliphatic carbocycles. The highest BCUT2D eigenvalue weighted by Crippen LogP contribution is 2.36. The summed E-state index contributed by atoms with van der Waals surface area (Å²) < 4.78 is 26.3. The zero-order valence-electron chi connectivity index (χ0n) is 31.3. The molecule has 292 valence electrons. The lowest BCUT2D eigenvalue weighted by Crippen LogP contribution is -2.29. The molecular weight excluding hydrogens is 683 g/mol. The summed E-state index contributed by atoms with van der Waals surface area (Å²) in [6, 6.07) is 0. The summed E-state index contributed by atoms with van der Waals surface area (Å²) in [7, 11) is -4.82. The summed E-state index contributed by atoms with van der Waals surface area (Å²) in [5.41, 5.74) is 0. The Bertz CT molecular complexity index is 1260. The van der Waals surface area contributed by atoms with Crippen molar-refractivity contribution in [3.05, 3.63) is 85.1 Å². The highest BCUT2D eigenvalue weighted by Gasteiger charge is 2.27. The van der Waals surface area contributed by atoms with E-state index in [4.69, 9.17) is 19.3 Å². The number of allylic oxidation sites excluding steroid dienone is 13. The fourth-order valence-electron chi connectivity index (χ4n) is 5.23. The van der Waals surface area contributed by atoms with Gasteiger partial charge in [-0.15, -0.1) is 0 Å². The molecule has 0 heterocycles. The van der Waals surface area contributed by atoms with Crippen LogP contribution in [0.15, 0.2) is 85.1 Å². The van der Waals surface area contributed by atoms with E-state index in [9.17, 15) is 24.1 Å². The molecule has 0 fully saturated rings. The number of hydrogen-bond donors (Lipinski definition) is 3. The van der Waals surface area contributed by atoms with Gasteiger partial charge in [0.25, 0.3) is 0 Å². The first-order valence-electron chi connectivity index (χ1n) is 18.9. The minimum absolute atomic E-state index is 0.00998. The zero-order chi connectivity index (χ0) is 38.3. The number of phosphoric acid groups is 1. The van der Waals surface area contributed by atoms with Crippen LogP contribution in [-0.2, 0) is 32.9 Å². The second-order valence-corrected chi connectivity index (χ2v) is 14.1. The maximum Gasteiger partial charge on any atom is 0.469 e. The molecule has 52 heavy (non-hydrogen) atoms. The van der Waals surface area contributed by atoms with E-state index in [0.29, 0.717) is 32.1 Å². The number of ketones is 1. The van der Waals surface area contributed by atoms with Crippen LogP contribution in [-0.4, -0.2) is 58.0 Å². The van der Waals surface area contributed by atoms with Gasteiger partial charge in [-0.3, -0.25) is 18.9 Å². The third-order valence-corrected chi connectivity index (χ3v) is 8.63.